The minimum atomic E-state index is -0.488. The zero-order valence-electron chi connectivity index (χ0n) is 13.8. The Labute approximate surface area is 150 Å². The highest BCUT2D eigenvalue weighted by molar-refractivity contribution is 6.24. The summed E-state index contributed by atoms with van der Waals surface area (Å²) < 4.78 is 19.4. The molecule has 0 amide bonds. The van der Waals surface area contributed by atoms with Gasteiger partial charge in [0.2, 0.25) is 5.90 Å². The Bertz CT molecular complexity index is 817. The number of nitrogens with zero attached hydrogens (tertiary/aromatic N) is 1. The molecule has 4 fully saturated rings. The van der Waals surface area contributed by atoms with Gasteiger partial charge >= 0.3 is 5.97 Å². The first-order valence-corrected chi connectivity index (χ1v) is 9.29. The molecule has 0 aromatic heterocycles. The summed E-state index contributed by atoms with van der Waals surface area (Å²) in [6.07, 6.45) is 7.65. The van der Waals surface area contributed by atoms with Gasteiger partial charge in [0, 0.05) is 15.9 Å². The van der Waals surface area contributed by atoms with Crippen LogP contribution in [0.5, 0.6) is 0 Å². The van der Waals surface area contributed by atoms with Gasteiger partial charge in [-0.2, -0.15) is 0 Å². The van der Waals surface area contributed by atoms with Crippen LogP contribution in [0, 0.1) is 23.1 Å². The van der Waals surface area contributed by atoms with E-state index in [-0.39, 0.29) is 21.8 Å². The Morgan fingerprint density at radius 3 is 2.60 bits per heavy atom. The molecule has 0 radical (unpaired) electrons. The number of carbonyl (C=O) groups excluding carboxylic acids is 1. The van der Waals surface area contributed by atoms with Gasteiger partial charge in [0.05, 0.1) is 0 Å². The van der Waals surface area contributed by atoms with Crippen LogP contribution in [0.2, 0.25) is 0 Å². The molecule has 1 aliphatic heterocycles. The lowest BCUT2D eigenvalue weighted by atomic mass is 9.49. The molecule has 1 heterocycles. The van der Waals surface area contributed by atoms with Crippen LogP contribution in [0.1, 0.15) is 44.1 Å². The SMILES string of the molecule is O=C1OC(C23C[C@@H]4C[C@@H](CC(Cl)(C4)C2)C3)=N/C1=C\c1ccccc1F. The topological polar surface area (TPSA) is 38.7 Å². The van der Waals surface area contributed by atoms with Crippen molar-refractivity contribution in [2.24, 2.45) is 22.2 Å². The van der Waals surface area contributed by atoms with E-state index in [0.717, 1.165) is 32.1 Å². The minimum absolute atomic E-state index is 0.170. The number of halogens is 2. The number of alkyl halides is 1. The molecular formula is C20H19ClFNO2. The van der Waals surface area contributed by atoms with Crippen molar-refractivity contribution in [2.75, 3.05) is 0 Å². The van der Waals surface area contributed by atoms with Crippen molar-refractivity contribution in [3.63, 3.8) is 0 Å². The lowest BCUT2D eigenvalue weighted by molar-refractivity contribution is -0.131. The molecule has 4 bridgehead atoms. The predicted octanol–water partition coefficient (Wildman–Crippen LogP) is 4.70. The maximum Gasteiger partial charge on any atom is 0.363 e. The molecule has 6 rings (SSSR count). The second kappa shape index (κ2) is 5.16. The molecule has 0 N–H and O–H groups in total. The zero-order chi connectivity index (χ0) is 17.2. The standard InChI is InChI=1S/C20H19ClFNO2/c21-20-9-12-5-13(10-20)8-19(7-12,11-20)18-23-16(17(24)25-18)6-14-3-1-2-4-15(14)22/h1-4,6,12-13H,5,7-11H2/b16-6-/t12-,13+,19?,20?. The Morgan fingerprint density at radius 1 is 1.20 bits per heavy atom. The Kier molecular flexibility index (Phi) is 3.22. The van der Waals surface area contributed by atoms with Crippen LogP contribution in [-0.2, 0) is 9.53 Å². The molecule has 2 unspecified atom stereocenters. The number of esters is 1. The molecule has 25 heavy (non-hydrogen) atoms. The number of aliphatic imine (C=N–C) groups is 1. The summed E-state index contributed by atoms with van der Waals surface area (Å²) in [5.74, 6) is 0.845. The van der Waals surface area contributed by atoms with E-state index in [1.165, 1.54) is 18.6 Å². The van der Waals surface area contributed by atoms with Gasteiger partial charge in [0.15, 0.2) is 5.70 Å². The van der Waals surface area contributed by atoms with E-state index < -0.39 is 5.97 Å². The van der Waals surface area contributed by atoms with Gasteiger partial charge in [-0.05, 0) is 62.5 Å². The van der Waals surface area contributed by atoms with Crippen molar-refractivity contribution in [3.05, 3.63) is 41.3 Å². The lowest BCUT2D eigenvalue weighted by Gasteiger charge is -2.59. The third-order valence-corrected chi connectivity index (χ3v) is 6.70. The smallest absolute Gasteiger partial charge is 0.363 e. The summed E-state index contributed by atoms with van der Waals surface area (Å²) >= 11 is 6.86. The molecule has 130 valence electrons. The average molecular weight is 360 g/mol. The monoisotopic (exact) mass is 359 g/mol. The summed E-state index contributed by atoms with van der Waals surface area (Å²) in [6, 6.07) is 6.35. The largest absolute Gasteiger partial charge is 0.406 e. The van der Waals surface area contributed by atoms with Crippen molar-refractivity contribution in [3.8, 4) is 0 Å². The van der Waals surface area contributed by atoms with E-state index in [1.807, 2.05) is 0 Å². The van der Waals surface area contributed by atoms with Crippen LogP contribution in [-0.4, -0.2) is 16.7 Å². The highest BCUT2D eigenvalue weighted by Gasteiger charge is 2.60. The summed E-state index contributed by atoms with van der Waals surface area (Å²) in [4.78, 5) is 16.7. The Morgan fingerprint density at radius 2 is 1.92 bits per heavy atom. The summed E-state index contributed by atoms with van der Waals surface area (Å²) in [5.41, 5.74) is 0.310. The quantitative estimate of drug-likeness (QED) is 0.436. The third-order valence-electron chi connectivity index (χ3n) is 6.26. The zero-order valence-corrected chi connectivity index (χ0v) is 14.6. The number of cyclic esters (lactones) is 1. The fraction of sp³-hybridized carbons (Fsp3) is 0.500. The van der Waals surface area contributed by atoms with Crippen LogP contribution in [0.25, 0.3) is 6.08 Å². The number of rotatable bonds is 2. The summed E-state index contributed by atoms with van der Waals surface area (Å²) in [7, 11) is 0. The van der Waals surface area contributed by atoms with E-state index in [9.17, 15) is 9.18 Å². The molecule has 3 nitrogen and oxygen atoms in total. The van der Waals surface area contributed by atoms with Gasteiger partial charge in [0.25, 0.3) is 0 Å². The fourth-order valence-corrected chi connectivity index (χ4v) is 6.47. The highest BCUT2D eigenvalue weighted by Crippen LogP contribution is 2.64. The number of ether oxygens (including phenoxy) is 1. The molecule has 1 aromatic rings. The molecule has 0 spiro atoms. The average Bonchev–Trinajstić information content (AvgIpc) is 2.89. The van der Waals surface area contributed by atoms with Crippen molar-refractivity contribution in [2.45, 2.75) is 43.4 Å². The first-order chi connectivity index (χ1) is 11.9. The van der Waals surface area contributed by atoms with Crippen LogP contribution >= 0.6 is 11.6 Å². The van der Waals surface area contributed by atoms with Crippen LogP contribution < -0.4 is 0 Å². The minimum Gasteiger partial charge on any atom is -0.406 e. The predicted molar refractivity (Wildman–Crippen MR) is 93.6 cm³/mol. The van der Waals surface area contributed by atoms with Crippen molar-refractivity contribution >= 4 is 29.5 Å². The second-order valence-electron chi connectivity index (χ2n) is 8.25. The number of hydrogen-bond donors (Lipinski definition) is 0. The molecule has 4 aliphatic carbocycles. The maximum absolute atomic E-state index is 13.9. The molecule has 4 atom stereocenters. The van der Waals surface area contributed by atoms with Gasteiger partial charge in [-0.25, -0.2) is 14.2 Å². The number of carbonyl (C=O) groups is 1. The number of benzene rings is 1. The molecule has 5 aliphatic rings. The number of hydrogen-bond acceptors (Lipinski definition) is 3. The normalized spacial score (nSPS) is 40.5. The van der Waals surface area contributed by atoms with E-state index in [2.05, 4.69) is 4.99 Å². The van der Waals surface area contributed by atoms with E-state index in [1.54, 1.807) is 18.2 Å². The van der Waals surface area contributed by atoms with Gasteiger partial charge in [-0.15, -0.1) is 11.6 Å². The summed E-state index contributed by atoms with van der Waals surface area (Å²) in [6.45, 7) is 0. The van der Waals surface area contributed by atoms with Gasteiger partial charge in [-0.3, -0.25) is 0 Å². The molecular weight excluding hydrogens is 341 g/mol. The first kappa shape index (κ1) is 15.6. The maximum atomic E-state index is 13.9. The third kappa shape index (κ3) is 2.45. The Hall–Kier alpha value is -1.68. The van der Waals surface area contributed by atoms with E-state index in [4.69, 9.17) is 16.3 Å². The molecule has 5 heteroatoms. The molecule has 1 aromatic carbocycles. The van der Waals surface area contributed by atoms with E-state index >= 15 is 0 Å². The molecule has 4 saturated carbocycles. The van der Waals surface area contributed by atoms with Crippen LogP contribution in [0.15, 0.2) is 35.0 Å². The van der Waals surface area contributed by atoms with Crippen LogP contribution in [0.3, 0.4) is 0 Å². The second-order valence-corrected chi connectivity index (χ2v) is 9.05. The van der Waals surface area contributed by atoms with Crippen molar-refractivity contribution < 1.29 is 13.9 Å². The van der Waals surface area contributed by atoms with Crippen LogP contribution in [0.4, 0.5) is 4.39 Å². The van der Waals surface area contributed by atoms with Crippen molar-refractivity contribution in [1.29, 1.82) is 0 Å². The Balaban J connectivity index is 1.51. The van der Waals surface area contributed by atoms with E-state index in [0.29, 0.717) is 23.3 Å². The van der Waals surface area contributed by atoms with Crippen molar-refractivity contribution in [1.82, 2.24) is 0 Å². The molecule has 0 saturated heterocycles. The van der Waals surface area contributed by atoms with Gasteiger partial charge < -0.3 is 4.74 Å². The lowest BCUT2D eigenvalue weighted by Crippen LogP contribution is -2.56. The summed E-state index contributed by atoms with van der Waals surface area (Å²) in [5, 5.41) is 0. The van der Waals surface area contributed by atoms with Gasteiger partial charge in [-0.1, -0.05) is 18.2 Å². The fourth-order valence-electron chi connectivity index (χ4n) is 5.78. The first-order valence-electron chi connectivity index (χ1n) is 8.91. The van der Waals surface area contributed by atoms with Gasteiger partial charge in [0.1, 0.15) is 5.82 Å². The highest BCUT2D eigenvalue weighted by atomic mass is 35.5.